The molecule has 0 heterocycles. The Hall–Kier alpha value is -0.850. The number of methoxy groups -OCH3 is 1. The number of aliphatic hydroxyl groups is 1. The lowest BCUT2D eigenvalue weighted by Crippen LogP contribution is -2.44. The summed E-state index contributed by atoms with van der Waals surface area (Å²) in [4.78, 5) is 11.8. The molecule has 1 amide bonds. The van der Waals surface area contributed by atoms with Crippen molar-refractivity contribution in [2.75, 3.05) is 40.1 Å². The number of carbonyl (C=O) groups excluding carboxylic acids is 1. The van der Waals surface area contributed by atoms with Crippen LogP contribution in [0.1, 0.15) is 40.0 Å². The Kier molecular flexibility index (Phi) is 7.59. The van der Waals surface area contributed by atoms with E-state index in [-0.39, 0.29) is 12.0 Å². The molecule has 0 spiro atoms. The first kappa shape index (κ1) is 19.2. The molecule has 1 aliphatic rings. The zero-order valence-corrected chi connectivity index (χ0v) is 14.3. The minimum absolute atomic E-state index is 0.0428. The number of hydrogen-bond donors (Lipinski definition) is 2. The van der Waals surface area contributed by atoms with Gasteiger partial charge in [0.25, 0.3) is 0 Å². The van der Waals surface area contributed by atoms with E-state index in [1.165, 1.54) is 0 Å². The maximum atomic E-state index is 11.8. The number of rotatable bonds is 10. The third-order valence-electron chi connectivity index (χ3n) is 3.92. The zero-order chi connectivity index (χ0) is 16.6. The molecule has 1 fully saturated rings. The van der Waals surface area contributed by atoms with Crippen molar-refractivity contribution < 1.29 is 24.1 Å². The lowest BCUT2D eigenvalue weighted by molar-refractivity contribution is 0.0183. The minimum atomic E-state index is -0.519. The highest BCUT2D eigenvalue weighted by atomic mass is 16.6. The molecule has 0 aromatic carbocycles. The fraction of sp³-hybridized carbons (Fsp3) is 0.938. The van der Waals surface area contributed by atoms with Gasteiger partial charge in [-0.25, -0.2) is 4.79 Å². The Balaban J connectivity index is 2.44. The molecule has 0 saturated heterocycles. The minimum Gasteiger partial charge on any atom is -0.444 e. The van der Waals surface area contributed by atoms with Crippen molar-refractivity contribution in [2.24, 2.45) is 11.3 Å². The van der Waals surface area contributed by atoms with Crippen molar-refractivity contribution in [1.82, 2.24) is 5.32 Å². The molecule has 1 aliphatic carbocycles. The first-order valence-electron chi connectivity index (χ1n) is 7.97. The van der Waals surface area contributed by atoms with Crippen LogP contribution in [0.2, 0.25) is 0 Å². The summed E-state index contributed by atoms with van der Waals surface area (Å²) in [7, 11) is 1.64. The number of ether oxygens (including phenoxy) is 3. The van der Waals surface area contributed by atoms with Crippen molar-refractivity contribution in [3.63, 3.8) is 0 Å². The maximum Gasteiger partial charge on any atom is 0.407 e. The second-order valence-corrected chi connectivity index (χ2v) is 7.01. The molecule has 2 N–H and O–H groups in total. The van der Waals surface area contributed by atoms with E-state index in [0.717, 1.165) is 12.8 Å². The van der Waals surface area contributed by atoms with Crippen LogP contribution in [0.15, 0.2) is 0 Å². The van der Waals surface area contributed by atoms with E-state index in [2.05, 4.69) is 5.32 Å². The number of hydrogen-bond acceptors (Lipinski definition) is 5. The number of amides is 1. The second kappa shape index (κ2) is 8.70. The Morgan fingerprint density at radius 3 is 2.41 bits per heavy atom. The molecule has 0 aromatic rings. The van der Waals surface area contributed by atoms with Gasteiger partial charge in [0.15, 0.2) is 0 Å². The van der Waals surface area contributed by atoms with Crippen LogP contribution >= 0.6 is 0 Å². The van der Waals surface area contributed by atoms with Crippen LogP contribution in [0.3, 0.4) is 0 Å². The van der Waals surface area contributed by atoms with Crippen LogP contribution in [0, 0.1) is 11.3 Å². The van der Waals surface area contributed by atoms with Gasteiger partial charge in [0, 0.05) is 25.7 Å². The first-order chi connectivity index (χ1) is 10.3. The molecular formula is C16H31NO5. The third kappa shape index (κ3) is 6.94. The SMILES string of the molecule is COCCOCCC(CO)(CNC(=O)OC(C)(C)C)C1CC1. The van der Waals surface area contributed by atoms with E-state index >= 15 is 0 Å². The van der Waals surface area contributed by atoms with Gasteiger partial charge in [-0.05, 0) is 46.0 Å². The van der Waals surface area contributed by atoms with Gasteiger partial charge in [0.1, 0.15) is 5.60 Å². The van der Waals surface area contributed by atoms with E-state index in [9.17, 15) is 9.90 Å². The topological polar surface area (TPSA) is 77.0 Å². The Labute approximate surface area is 133 Å². The molecule has 0 radical (unpaired) electrons. The van der Waals surface area contributed by atoms with Gasteiger partial charge >= 0.3 is 6.09 Å². The quantitative estimate of drug-likeness (QED) is 0.602. The van der Waals surface area contributed by atoms with Crippen LogP contribution in [-0.4, -0.2) is 56.9 Å². The summed E-state index contributed by atoms with van der Waals surface area (Å²) >= 11 is 0. The number of aliphatic hydroxyl groups excluding tert-OH is 1. The third-order valence-corrected chi connectivity index (χ3v) is 3.92. The zero-order valence-electron chi connectivity index (χ0n) is 14.3. The molecule has 6 nitrogen and oxygen atoms in total. The van der Waals surface area contributed by atoms with E-state index in [1.807, 2.05) is 20.8 Å². The molecule has 1 rings (SSSR count). The van der Waals surface area contributed by atoms with E-state index in [1.54, 1.807) is 7.11 Å². The Bertz CT molecular complexity index is 338. The van der Waals surface area contributed by atoms with Crippen LogP contribution in [-0.2, 0) is 14.2 Å². The molecule has 1 unspecified atom stereocenters. The van der Waals surface area contributed by atoms with E-state index < -0.39 is 11.7 Å². The van der Waals surface area contributed by atoms with Gasteiger partial charge in [0.2, 0.25) is 0 Å². The van der Waals surface area contributed by atoms with Crippen LogP contribution < -0.4 is 5.32 Å². The second-order valence-electron chi connectivity index (χ2n) is 7.01. The highest BCUT2D eigenvalue weighted by molar-refractivity contribution is 5.67. The van der Waals surface area contributed by atoms with Crippen molar-refractivity contribution in [1.29, 1.82) is 0 Å². The van der Waals surface area contributed by atoms with Crippen molar-refractivity contribution in [3.05, 3.63) is 0 Å². The number of nitrogens with one attached hydrogen (secondary N) is 1. The fourth-order valence-corrected chi connectivity index (χ4v) is 2.48. The molecular weight excluding hydrogens is 286 g/mol. The lowest BCUT2D eigenvalue weighted by Gasteiger charge is -2.32. The van der Waals surface area contributed by atoms with Crippen LogP contribution in [0.4, 0.5) is 4.79 Å². The van der Waals surface area contributed by atoms with Gasteiger partial charge in [-0.1, -0.05) is 0 Å². The summed E-state index contributed by atoms with van der Waals surface area (Å²) in [6.07, 6.45) is 2.46. The largest absolute Gasteiger partial charge is 0.444 e. The average Bonchev–Trinajstić information content (AvgIpc) is 3.25. The Morgan fingerprint density at radius 2 is 1.91 bits per heavy atom. The predicted octanol–water partition coefficient (Wildman–Crippen LogP) is 1.95. The molecule has 22 heavy (non-hydrogen) atoms. The smallest absolute Gasteiger partial charge is 0.407 e. The molecule has 1 saturated carbocycles. The van der Waals surface area contributed by atoms with Gasteiger partial charge < -0.3 is 24.6 Å². The fourth-order valence-electron chi connectivity index (χ4n) is 2.48. The lowest BCUT2D eigenvalue weighted by atomic mass is 9.80. The number of carbonyl (C=O) groups is 1. The molecule has 6 heteroatoms. The van der Waals surface area contributed by atoms with Crippen LogP contribution in [0.25, 0.3) is 0 Å². The van der Waals surface area contributed by atoms with Gasteiger partial charge in [-0.2, -0.15) is 0 Å². The van der Waals surface area contributed by atoms with Gasteiger partial charge in [-0.15, -0.1) is 0 Å². The average molecular weight is 317 g/mol. The summed E-state index contributed by atoms with van der Waals surface area (Å²) in [5, 5.41) is 12.7. The molecule has 0 bridgehead atoms. The summed E-state index contributed by atoms with van der Waals surface area (Å²) in [6.45, 7) is 7.60. The van der Waals surface area contributed by atoms with E-state index in [0.29, 0.717) is 38.7 Å². The summed E-state index contributed by atoms with van der Waals surface area (Å²) < 4.78 is 15.7. The van der Waals surface area contributed by atoms with Gasteiger partial charge in [0.05, 0.1) is 19.8 Å². The van der Waals surface area contributed by atoms with Crippen LogP contribution in [0.5, 0.6) is 0 Å². The molecule has 0 aromatic heterocycles. The summed E-state index contributed by atoms with van der Waals surface area (Å²) in [5.74, 6) is 0.443. The predicted molar refractivity (Wildman–Crippen MR) is 83.8 cm³/mol. The molecule has 0 aliphatic heterocycles. The van der Waals surface area contributed by atoms with Crippen molar-refractivity contribution in [3.8, 4) is 0 Å². The summed E-state index contributed by atoms with van der Waals surface area (Å²) in [6, 6.07) is 0. The molecule has 130 valence electrons. The Morgan fingerprint density at radius 1 is 1.23 bits per heavy atom. The normalized spacial score (nSPS) is 17.9. The highest BCUT2D eigenvalue weighted by Gasteiger charge is 2.44. The standard InChI is InChI=1S/C16H31NO5/c1-15(2,3)22-14(19)17-11-16(12-18,13-5-6-13)7-8-21-10-9-20-4/h13,18H,5-12H2,1-4H3,(H,17,19). The first-order valence-corrected chi connectivity index (χ1v) is 7.97. The van der Waals surface area contributed by atoms with Crippen molar-refractivity contribution in [2.45, 2.75) is 45.6 Å². The monoisotopic (exact) mass is 317 g/mol. The molecule has 1 atom stereocenters. The van der Waals surface area contributed by atoms with Gasteiger partial charge in [-0.3, -0.25) is 0 Å². The van der Waals surface area contributed by atoms with E-state index in [4.69, 9.17) is 14.2 Å². The highest BCUT2D eigenvalue weighted by Crippen LogP contribution is 2.47. The summed E-state index contributed by atoms with van der Waals surface area (Å²) in [5.41, 5.74) is -0.835. The maximum absolute atomic E-state index is 11.8. The number of alkyl carbamates (subject to hydrolysis) is 1. The van der Waals surface area contributed by atoms with Crippen molar-refractivity contribution >= 4 is 6.09 Å².